The molecule has 38 heavy (non-hydrogen) atoms. The molecule has 0 bridgehead atoms. The Morgan fingerprint density at radius 2 is 1.82 bits per heavy atom. The number of halogens is 4. The highest BCUT2D eigenvalue weighted by Gasteiger charge is 2.48. The highest BCUT2D eigenvalue weighted by atomic mass is 35.5. The van der Waals surface area contributed by atoms with E-state index < -0.39 is 59.4 Å². The molecule has 5 N–H and O–H groups in total. The van der Waals surface area contributed by atoms with Crippen molar-refractivity contribution >= 4 is 29.3 Å². The van der Waals surface area contributed by atoms with E-state index in [2.05, 4.69) is 15.5 Å². The van der Waals surface area contributed by atoms with Gasteiger partial charge >= 0.3 is 6.18 Å². The Morgan fingerprint density at radius 1 is 1.13 bits per heavy atom. The van der Waals surface area contributed by atoms with Crippen molar-refractivity contribution in [3.63, 3.8) is 0 Å². The fraction of sp³-hybridized carbons (Fsp3) is 0.960. The summed E-state index contributed by atoms with van der Waals surface area (Å²) in [6, 6.07) is -1.22. The van der Waals surface area contributed by atoms with Crippen LogP contribution in [0.1, 0.15) is 51.9 Å². The molecule has 3 heterocycles. The van der Waals surface area contributed by atoms with E-state index in [1.165, 1.54) is 11.8 Å². The number of rotatable bonds is 9. The van der Waals surface area contributed by atoms with E-state index in [1.54, 1.807) is 13.2 Å². The minimum absolute atomic E-state index is 0.177. The second-order valence-corrected chi connectivity index (χ2v) is 12.6. The molecule has 3 rings (SSSR count). The third-order valence-electron chi connectivity index (χ3n) is 8.26. The number of hydrogen-bond donors (Lipinski definition) is 5. The van der Waals surface area contributed by atoms with Crippen molar-refractivity contribution in [3.8, 4) is 0 Å². The van der Waals surface area contributed by atoms with Crippen LogP contribution in [0.4, 0.5) is 13.2 Å². The van der Waals surface area contributed by atoms with E-state index in [9.17, 15) is 33.3 Å². The first kappa shape index (κ1) is 32.2. The zero-order chi connectivity index (χ0) is 28.0. The van der Waals surface area contributed by atoms with Crippen molar-refractivity contribution in [2.24, 2.45) is 11.8 Å². The number of likely N-dealkylation sites (tertiary alicyclic amines) is 1. The molecule has 3 aliphatic rings. The van der Waals surface area contributed by atoms with Gasteiger partial charge in [0.25, 0.3) is 0 Å². The summed E-state index contributed by atoms with van der Waals surface area (Å²) in [6.07, 6.45) is -2.81. The summed E-state index contributed by atoms with van der Waals surface area (Å²) in [7, 11) is 0. The molecule has 222 valence electrons. The van der Waals surface area contributed by atoms with Crippen molar-refractivity contribution in [1.82, 2.24) is 15.5 Å². The van der Waals surface area contributed by atoms with Crippen molar-refractivity contribution < 1.29 is 38.0 Å². The van der Waals surface area contributed by atoms with Crippen LogP contribution in [-0.2, 0) is 9.53 Å². The molecule has 3 saturated heterocycles. The average Bonchev–Trinajstić information content (AvgIpc) is 3.12. The number of thioether (sulfide) groups is 1. The lowest BCUT2D eigenvalue weighted by molar-refractivity contribution is -0.205. The third kappa shape index (κ3) is 8.58. The quantitative estimate of drug-likeness (QED) is 0.260. The van der Waals surface area contributed by atoms with E-state index in [1.807, 2.05) is 0 Å². The first-order valence-electron chi connectivity index (χ1n) is 13.6. The Hall–Kier alpha value is -0.340. The number of amides is 1. The van der Waals surface area contributed by atoms with Crippen LogP contribution in [0.2, 0.25) is 0 Å². The van der Waals surface area contributed by atoms with Crippen molar-refractivity contribution in [3.05, 3.63) is 0 Å². The first-order valence-corrected chi connectivity index (χ1v) is 15.3. The summed E-state index contributed by atoms with van der Waals surface area (Å²) in [5, 5.41) is 36.6. The van der Waals surface area contributed by atoms with Gasteiger partial charge in [0.2, 0.25) is 5.91 Å². The molecule has 0 radical (unpaired) electrons. The van der Waals surface area contributed by atoms with Crippen LogP contribution < -0.4 is 10.6 Å². The molecule has 13 heteroatoms. The van der Waals surface area contributed by atoms with Gasteiger partial charge in [-0.15, -0.1) is 23.4 Å². The van der Waals surface area contributed by atoms with Crippen LogP contribution in [0.5, 0.6) is 0 Å². The number of nitrogens with one attached hydrogen (secondary N) is 2. The van der Waals surface area contributed by atoms with Gasteiger partial charge in [-0.25, -0.2) is 0 Å². The molecule has 3 fully saturated rings. The topological polar surface area (TPSA) is 114 Å². The molecule has 0 aromatic heterocycles. The lowest BCUT2D eigenvalue weighted by Crippen LogP contribution is -2.65. The van der Waals surface area contributed by atoms with Crippen LogP contribution in [0.3, 0.4) is 0 Å². The number of alkyl halides is 4. The number of hydrogen-bond acceptors (Lipinski definition) is 8. The van der Waals surface area contributed by atoms with Gasteiger partial charge in [0, 0.05) is 0 Å². The van der Waals surface area contributed by atoms with Gasteiger partial charge in [-0.3, -0.25) is 4.79 Å². The van der Waals surface area contributed by atoms with E-state index in [0.29, 0.717) is 32.0 Å². The van der Waals surface area contributed by atoms with Gasteiger partial charge in [-0.2, -0.15) is 13.2 Å². The lowest BCUT2D eigenvalue weighted by atomic mass is 9.92. The summed E-state index contributed by atoms with van der Waals surface area (Å²) in [6.45, 7) is 4.13. The van der Waals surface area contributed by atoms with Crippen LogP contribution in [-0.4, -0.2) is 112 Å². The van der Waals surface area contributed by atoms with Gasteiger partial charge in [0.15, 0.2) is 0 Å². The third-order valence-corrected chi connectivity index (χ3v) is 9.38. The Morgan fingerprint density at radius 3 is 2.42 bits per heavy atom. The smallest absolute Gasteiger partial charge is 0.388 e. The first-order chi connectivity index (χ1) is 17.9. The predicted octanol–water partition coefficient (Wildman–Crippen LogP) is 2.08. The largest absolute Gasteiger partial charge is 0.391 e. The van der Waals surface area contributed by atoms with Crippen molar-refractivity contribution in [1.29, 1.82) is 0 Å². The Labute approximate surface area is 232 Å². The SMILES string of the molecule is CSC1O[C@H]([C@H](NC(=O)[C@@H]2CC[C@H](CCCN3CCC(C(F)(F)F)CC3)CCN2)[C@H](C)Cl)C(O)C(O)[C@H]1O. The van der Waals surface area contributed by atoms with Gasteiger partial charge in [-0.1, -0.05) is 0 Å². The van der Waals surface area contributed by atoms with E-state index in [-0.39, 0.29) is 18.7 Å². The van der Waals surface area contributed by atoms with Gasteiger partial charge in [-0.05, 0) is 90.2 Å². The zero-order valence-corrected chi connectivity index (χ0v) is 23.6. The Bertz CT molecular complexity index is 746. The number of ether oxygens (including phenoxy) is 1. The molecule has 3 aliphatic heterocycles. The summed E-state index contributed by atoms with van der Waals surface area (Å²) in [4.78, 5) is 15.3. The average molecular weight is 590 g/mol. The van der Waals surface area contributed by atoms with Crippen LogP contribution >= 0.6 is 23.4 Å². The normalized spacial score (nSPS) is 35.9. The molecule has 0 aromatic carbocycles. The summed E-state index contributed by atoms with van der Waals surface area (Å²) < 4.78 is 44.4. The highest BCUT2D eigenvalue weighted by molar-refractivity contribution is 7.99. The summed E-state index contributed by atoms with van der Waals surface area (Å²) in [5.74, 6) is -1.00. The molecule has 9 atom stereocenters. The standard InChI is InChI=1S/C25H43ClF3N3O5S/c1-14(26)18(22-20(34)19(33)21(35)24(37-22)38-2)31-23(36)17-6-5-15(7-10-30-17)4-3-11-32-12-8-16(9-13-32)25(27,28)29/h14-22,24,30,33-35H,3-13H2,1-2H3,(H,31,36)/t14-,15-,17-,18+,19?,20?,21+,22+,24?/m0/s1. The van der Waals surface area contributed by atoms with Crippen LogP contribution in [0.25, 0.3) is 0 Å². The number of aliphatic hydroxyl groups excluding tert-OH is 3. The van der Waals surface area contributed by atoms with Crippen LogP contribution in [0.15, 0.2) is 0 Å². The number of carbonyl (C=O) groups excluding carboxylic acids is 1. The second-order valence-electron chi connectivity index (χ2n) is 10.9. The minimum atomic E-state index is -4.09. The fourth-order valence-corrected chi connectivity index (χ4v) is 6.68. The maximum Gasteiger partial charge on any atom is 0.391 e. The molecule has 0 spiro atoms. The number of nitrogens with zero attached hydrogens (tertiary/aromatic N) is 1. The maximum absolute atomic E-state index is 13.2. The van der Waals surface area contributed by atoms with Crippen molar-refractivity contribution in [2.75, 3.05) is 32.4 Å². The monoisotopic (exact) mass is 589 g/mol. The summed E-state index contributed by atoms with van der Waals surface area (Å²) in [5.41, 5.74) is -0.763. The molecule has 1 amide bonds. The lowest BCUT2D eigenvalue weighted by Gasteiger charge is -2.44. The van der Waals surface area contributed by atoms with Gasteiger partial charge in [0.1, 0.15) is 29.9 Å². The Kier molecular flexibility index (Phi) is 12.3. The molecule has 3 unspecified atom stereocenters. The number of carbonyl (C=O) groups is 1. The van der Waals surface area contributed by atoms with E-state index in [0.717, 1.165) is 32.2 Å². The maximum atomic E-state index is 13.2. The zero-order valence-electron chi connectivity index (χ0n) is 22.1. The molecule has 8 nitrogen and oxygen atoms in total. The minimum Gasteiger partial charge on any atom is -0.388 e. The fourth-order valence-electron chi connectivity index (χ4n) is 5.80. The molecule has 0 aromatic rings. The molecule has 0 aliphatic carbocycles. The molecule has 0 saturated carbocycles. The molecular formula is C25H43ClF3N3O5S. The van der Waals surface area contributed by atoms with Crippen molar-refractivity contribution in [2.45, 2.75) is 105 Å². The van der Waals surface area contributed by atoms with Gasteiger partial charge in [0.05, 0.1) is 23.4 Å². The second kappa shape index (κ2) is 14.5. The molecular weight excluding hydrogens is 547 g/mol. The number of piperidine rings is 1. The van der Waals surface area contributed by atoms with E-state index >= 15 is 0 Å². The Balaban J connectivity index is 1.45. The summed E-state index contributed by atoms with van der Waals surface area (Å²) >= 11 is 7.57. The number of aliphatic hydroxyl groups is 3. The van der Waals surface area contributed by atoms with Gasteiger partial charge < -0.3 is 35.6 Å². The van der Waals surface area contributed by atoms with E-state index in [4.69, 9.17) is 16.3 Å². The predicted molar refractivity (Wildman–Crippen MR) is 141 cm³/mol. The van der Waals surface area contributed by atoms with Crippen LogP contribution in [0, 0.1) is 11.8 Å². The highest BCUT2D eigenvalue weighted by Crippen LogP contribution is 2.34.